The van der Waals surface area contributed by atoms with E-state index in [2.05, 4.69) is 25.8 Å². The van der Waals surface area contributed by atoms with Crippen LogP contribution in [0.3, 0.4) is 0 Å². The fraction of sp³-hybridized carbons (Fsp3) is 0.471. The summed E-state index contributed by atoms with van der Waals surface area (Å²) in [5.41, 5.74) is 0.862. The van der Waals surface area contributed by atoms with Crippen molar-refractivity contribution in [2.45, 2.75) is 44.1 Å². The van der Waals surface area contributed by atoms with Crippen LogP contribution in [0.25, 0.3) is 11.4 Å². The molecule has 2 aliphatic heterocycles. The molecule has 4 rings (SSSR count). The quantitative estimate of drug-likeness (QED) is 0.390. The maximum absolute atomic E-state index is 5.89. The zero-order valence-electron chi connectivity index (χ0n) is 14.3. The summed E-state index contributed by atoms with van der Waals surface area (Å²) in [6, 6.07) is 7.64. The van der Waals surface area contributed by atoms with Crippen LogP contribution in [0.2, 0.25) is 5.02 Å². The molecule has 2 N–H and O–H groups in total. The fourth-order valence-electron chi connectivity index (χ4n) is 3.36. The van der Waals surface area contributed by atoms with Gasteiger partial charge in [0, 0.05) is 17.6 Å². The number of aromatic nitrogens is 2. The molecule has 2 bridgehead atoms. The zero-order valence-corrected chi connectivity index (χ0v) is 17.4. The minimum absolute atomic E-state index is 0. The molecule has 1 aromatic heterocycles. The number of hydrogen-bond donors (Lipinski definition) is 2. The van der Waals surface area contributed by atoms with Gasteiger partial charge in [0.2, 0.25) is 11.7 Å². The van der Waals surface area contributed by atoms with E-state index in [1.54, 1.807) is 19.2 Å². The maximum atomic E-state index is 5.89. The molecule has 0 radical (unpaired) electrons. The van der Waals surface area contributed by atoms with Crippen LogP contribution in [-0.2, 0) is 11.3 Å². The summed E-state index contributed by atoms with van der Waals surface area (Å²) >= 11 is 5.89. The van der Waals surface area contributed by atoms with Crippen LogP contribution in [-0.4, -0.2) is 41.4 Å². The first-order valence-electron chi connectivity index (χ1n) is 8.42. The predicted molar refractivity (Wildman–Crippen MR) is 110 cm³/mol. The number of hydrogen-bond acceptors (Lipinski definition) is 5. The van der Waals surface area contributed by atoms with E-state index in [4.69, 9.17) is 20.9 Å². The van der Waals surface area contributed by atoms with Crippen LogP contribution in [0.4, 0.5) is 0 Å². The smallest absolute Gasteiger partial charge is 0.246 e. The van der Waals surface area contributed by atoms with E-state index in [-0.39, 0.29) is 24.0 Å². The summed E-state index contributed by atoms with van der Waals surface area (Å²) in [5, 5.41) is 11.3. The van der Waals surface area contributed by atoms with Crippen LogP contribution >= 0.6 is 35.6 Å². The third-order valence-electron chi connectivity index (χ3n) is 4.63. The number of fused-ring (bicyclic) bond motifs is 2. The standard InChI is InChI=1S/C17H20ClN5O2.HI/c1-19-17(21-13-8-12-6-7-14(13)24-12)20-9-15-22-16(23-25-15)10-2-4-11(18)5-3-10;/h2-5,12-14H,6-9H2,1H3,(H2,19,20,21);1H. The van der Waals surface area contributed by atoms with Crippen LogP contribution in [0.15, 0.2) is 33.8 Å². The van der Waals surface area contributed by atoms with Crippen molar-refractivity contribution in [1.29, 1.82) is 0 Å². The zero-order chi connectivity index (χ0) is 17.2. The molecule has 7 nitrogen and oxygen atoms in total. The molecule has 2 aromatic rings. The Morgan fingerprint density at radius 3 is 2.77 bits per heavy atom. The average Bonchev–Trinajstić information content (AvgIpc) is 3.36. The Morgan fingerprint density at radius 2 is 2.12 bits per heavy atom. The van der Waals surface area contributed by atoms with Gasteiger partial charge < -0.3 is 19.9 Å². The first kappa shape index (κ1) is 19.4. The molecule has 0 amide bonds. The lowest BCUT2D eigenvalue weighted by Gasteiger charge is -2.22. The second kappa shape index (κ2) is 8.53. The lowest BCUT2D eigenvalue weighted by atomic mass is 9.96. The van der Waals surface area contributed by atoms with Crippen molar-refractivity contribution in [2.24, 2.45) is 4.99 Å². The van der Waals surface area contributed by atoms with E-state index in [0.717, 1.165) is 18.4 Å². The summed E-state index contributed by atoms with van der Waals surface area (Å²) in [6.07, 6.45) is 4.02. The number of rotatable bonds is 4. The minimum Gasteiger partial charge on any atom is -0.373 e. The van der Waals surface area contributed by atoms with Crippen molar-refractivity contribution in [3.05, 3.63) is 35.2 Å². The highest BCUT2D eigenvalue weighted by molar-refractivity contribution is 14.0. The number of nitrogens with zero attached hydrogens (tertiary/aromatic N) is 3. The third-order valence-corrected chi connectivity index (χ3v) is 4.88. The topological polar surface area (TPSA) is 84.6 Å². The summed E-state index contributed by atoms with van der Waals surface area (Å²) < 4.78 is 11.2. The van der Waals surface area contributed by atoms with Crippen molar-refractivity contribution in [3.63, 3.8) is 0 Å². The molecule has 3 unspecified atom stereocenters. The predicted octanol–water partition coefficient (Wildman–Crippen LogP) is 2.99. The van der Waals surface area contributed by atoms with E-state index in [1.165, 1.54) is 6.42 Å². The number of halogens is 2. The Kier molecular flexibility index (Phi) is 6.36. The molecule has 140 valence electrons. The summed E-state index contributed by atoms with van der Waals surface area (Å²) in [6.45, 7) is 0.405. The molecule has 2 fully saturated rings. The number of ether oxygens (including phenoxy) is 1. The highest BCUT2D eigenvalue weighted by Gasteiger charge is 2.41. The van der Waals surface area contributed by atoms with Gasteiger partial charge in [-0.3, -0.25) is 4.99 Å². The molecule has 1 aromatic carbocycles. The van der Waals surface area contributed by atoms with E-state index in [1.807, 2.05) is 12.1 Å². The van der Waals surface area contributed by atoms with E-state index in [9.17, 15) is 0 Å². The highest BCUT2D eigenvalue weighted by atomic mass is 127. The van der Waals surface area contributed by atoms with Gasteiger partial charge in [-0.15, -0.1) is 24.0 Å². The molecule has 0 spiro atoms. The van der Waals surface area contributed by atoms with Gasteiger partial charge >= 0.3 is 0 Å². The Balaban J connectivity index is 0.00000196. The van der Waals surface area contributed by atoms with Crippen molar-refractivity contribution < 1.29 is 9.26 Å². The molecule has 0 aliphatic carbocycles. The molecular weight excluding hydrogens is 469 g/mol. The van der Waals surface area contributed by atoms with Crippen LogP contribution in [0, 0.1) is 0 Å². The van der Waals surface area contributed by atoms with Crippen molar-refractivity contribution >= 4 is 41.5 Å². The summed E-state index contributed by atoms with van der Waals surface area (Å²) in [5.74, 6) is 1.75. The van der Waals surface area contributed by atoms with Crippen LogP contribution < -0.4 is 10.6 Å². The molecule has 0 saturated carbocycles. The van der Waals surface area contributed by atoms with Crippen molar-refractivity contribution in [2.75, 3.05) is 7.05 Å². The summed E-state index contributed by atoms with van der Waals surface area (Å²) in [4.78, 5) is 8.65. The lowest BCUT2D eigenvalue weighted by Crippen LogP contribution is -2.47. The first-order valence-corrected chi connectivity index (χ1v) is 8.80. The monoisotopic (exact) mass is 489 g/mol. The third kappa shape index (κ3) is 4.29. The largest absolute Gasteiger partial charge is 0.373 e. The fourth-order valence-corrected chi connectivity index (χ4v) is 3.49. The molecular formula is C17H21ClIN5O2. The van der Waals surface area contributed by atoms with Crippen LogP contribution in [0.1, 0.15) is 25.2 Å². The van der Waals surface area contributed by atoms with Gasteiger partial charge in [0.25, 0.3) is 0 Å². The van der Waals surface area contributed by atoms with E-state index >= 15 is 0 Å². The van der Waals surface area contributed by atoms with E-state index in [0.29, 0.717) is 47.5 Å². The number of guanidine groups is 1. The van der Waals surface area contributed by atoms with Gasteiger partial charge in [0.05, 0.1) is 24.8 Å². The molecule has 2 aliphatic rings. The number of benzene rings is 1. The van der Waals surface area contributed by atoms with Gasteiger partial charge in [-0.1, -0.05) is 16.8 Å². The Labute approximate surface area is 174 Å². The normalized spacial score (nSPS) is 24.4. The highest BCUT2D eigenvalue weighted by Crippen LogP contribution is 2.34. The molecule has 3 heterocycles. The number of nitrogens with one attached hydrogen (secondary N) is 2. The maximum Gasteiger partial charge on any atom is 0.246 e. The minimum atomic E-state index is 0. The second-order valence-electron chi connectivity index (χ2n) is 6.30. The number of aliphatic imine (C=N–C) groups is 1. The lowest BCUT2D eigenvalue weighted by molar-refractivity contribution is 0.0992. The average molecular weight is 490 g/mol. The summed E-state index contributed by atoms with van der Waals surface area (Å²) in [7, 11) is 1.75. The van der Waals surface area contributed by atoms with Gasteiger partial charge in [-0.25, -0.2) is 0 Å². The molecule has 26 heavy (non-hydrogen) atoms. The van der Waals surface area contributed by atoms with Gasteiger partial charge in [-0.2, -0.15) is 4.98 Å². The van der Waals surface area contributed by atoms with Gasteiger partial charge in [0.15, 0.2) is 5.96 Å². The Bertz CT molecular complexity index is 767. The second-order valence-corrected chi connectivity index (χ2v) is 6.74. The first-order chi connectivity index (χ1) is 12.2. The SMILES string of the molecule is CN=C(NCc1nc(-c2ccc(Cl)cc2)no1)NC1CC2CCC1O2.I. The van der Waals surface area contributed by atoms with Gasteiger partial charge in [-0.05, 0) is 43.5 Å². The van der Waals surface area contributed by atoms with Crippen molar-refractivity contribution in [3.8, 4) is 11.4 Å². The van der Waals surface area contributed by atoms with E-state index < -0.39 is 0 Å². The van der Waals surface area contributed by atoms with Gasteiger partial charge in [0.1, 0.15) is 0 Å². The molecule has 3 atom stereocenters. The molecule has 9 heteroatoms. The Hall–Kier alpha value is -1.39. The molecule has 2 saturated heterocycles. The Morgan fingerprint density at radius 1 is 1.31 bits per heavy atom. The van der Waals surface area contributed by atoms with Crippen molar-refractivity contribution in [1.82, 2.24) is 20.8 Å². The van der Waals surface area contributed by atoms with Crippen LogP contribution in [0.5, 0.6) is 0 Å².